The third kappa shape index (κ3) is 1.71. The first-order valence-electron chi connectivity index (χ1n) is 2.51. The molecule has 0 aliphatic carbocycles. The van der Waals surface area contributed by atoms with Crippen LogP contribution in [0.3, 0.4) is 0 Å². The monoisotopic (exact) mass is 173 g/mol. The fourth-order valence-corrected chi connectivity index (χ4v) is 1.07. The number of hydrogen-bond acceptors (Lipinski definition) is 6. The Labute approximate surface area is 65.0 Å². The number of aromatic nitrogens is 1. The molecule has 58 valence electrons. The lowest BCUT2D eigenvalue weighted by molar-refractivity contribution is -0.384. The Balaban J connectivity index is 2.90. The van der Waals surface area contributed by atoms with Crippen LogP contribution >= 0.6 is 11.3 Å². The lowest BCUT2D eigenvalue weighted by Crippen LogP contribution is -1.83. The van der Waals surface area contributed by atoms with Gasteiger partial charge in [0.2, 0.25) is 0 Å². The second-order valence-corrected chi connectivity index (χ2v) is 2.59. The zero-order valence-electron chi connectivity index (χ0n) is 5.17. The molecule has 6 nitrogen and oxygen atoms in total. The summed E-state index contributed by atoms with van der Waals surface area (Å²) in [5.41, 5.74) is 0. The molecule has 1 heterocycles. The highest BCUT2D eigenvalue weighted by molar-refractivity contribution is 7.16. The summed E-state index contributed by atoms with van der Waals surface area (Å²) in [6.45, 7) is 0. The first-order chi connectivity index (χ1) is 5.24. The molecule has 1 aromatic heterocycles. The van der Waals surface area contributed by atoms with Gasteiger partial charge in [-0.15, -0.1) is 0 Å². The van der Waals surface area contributed by atoms with Gasteiger partial charge in [-0.25, -0.2) is 0 Å². The molecule has 0 aliphatic rings. The average molecular weight is 173 g/mol. The highest BCUT2D eigenvalue weighted by Crippen LogP contribution is 2.17. The summed E-state index contributed by atoms with van der Waals surface area (Å²) in [7, 11) is 0. The van der Waals surface area contributed by atoms with E-state index in [1.165, 1.54) is 6.20 Å². The van der Waals surface area contributed by atoms with Crippen LogP contribution in [0.2, 0.25) is 0 Å². The van der Waals surface area contributed by atoms with Gasteiger partial charge in [0, 0.05) is 0 Å². The quantitative estimate of drug-likeness (QED) is 0.311. The van der Waals surface area contributed by atoms with Gasteiger partial charge >= 0.3 is 5.13 Å². The van der Waals surface area contributed by atoms with E-state index in [4.69, 9.17) is 5.21 Å². The minimum absolute atomic E-state index is 0.208. The van der Waals surface area contributed by atoms with Crippen molar-refractivity contribution in [2.75, 3.05) is 0 Å². The van der Waals surface area contributed by atoms with Crippen molar-refractivity contribution in [1.29, 1.82) is 0 Å². The molecular formula is C4H3N3O3S. The minimum atomic E-state index is -0.598. The maximum absolute atomic E-state index is 10.1. The van der Waals surface area contributed by atoms with E-state index < -0.39 is 4.92 Å². The van der Waals surface area contributed by atoms with Crippen LogP contribution in [0, 0.1) is 10.1 Å². The van der Waals surface area contributed by atoms with Crippen molar-refractivity contribution in [3.8, 4) is 0 Å². The average Bonchev–Trinajstić information content (AvgIpc) is 2.37. The number of rotatable bonds is 2. The molecular weight excluding hydrogens is 170 g/mol. The minimum Gasteiger partial charge on any atom is -0.411 e. The first kappa shape index (κ1) is 7.61. The highest BCUT2D eigenvalue weighted by atomic mass is 32.1. The van der Waals surface area contributed by atoms with Crippen molar-refractivity contribution >= 4 is 22.7 Å². The summed E-state index contributed by atoms with van der Waals surface area (Å²) >= 11 is 0.846. The van der Waals surface area contributed by atoms with Gasteiger partial charge in [0.05, 0.1) is 6.21 Å². The Kier molecular flexibility index (Phi) is 2.12. The van der Waals surface area contributed by atoms with Crippen molar-refractivity contribution in [3.63, 3.8) is 0 Å². The van der Waals surface area contributed by atoms with E-state index in [2.05, 4.69) is 10.1 Å². The smallest absolute Gasteiger partial charge is 0.411 e. The van der Waals surface area contributed by atoms with Gasteiger partial charge in [-0.2, -0.15) is 0 Å². The van der Waals surface area contributed by atoms with Crippen molar-refractivity contribution in [1.82, 2.24) is 4.98 Å². The van der Waals surface area contributed by atoms with Crippen molar-refractivity contribution in [3.05, 3.63) is 21.2 Å². The van der Waals surface area contributed by atoms with E-state index in [0.29, 0.717) is 4.88 Å². The fraction of sp³-hybridized carbons (Fsp3) is 0. The van der Waals surface area contributed by atoms with Gasteiger partial charge in [0.1, 0.15) is 4.88 Å². The first-order valence-corrected chi connectivity index (χ1v) is 3.33. The Hall–Kier alpha value is -1.50. The molecule has 0 saturated carbocycles. The molecule has 1 aromatic rings. The van der Waals surface area contributed by atoms with E-state index in [1.54, 1.807) is 0 Å². The van der Waals surface area contributed by atoms with E-state index in [1.807, 2.05) is 0 Å². The van der Waals surface area contributed by atoms with E-state index in [-0.39, 0.29) is 5.13 Å². The largest absolute Gasteiger partial charge is 0.423 e. The molecule has 1 N–H and O–H groups in total. The summed E-state index contributed by atoms with van der Waals surface area (Å²) in [4.78, 5) is 13.4. The molecule has 0 aliphatic heterocycles. The van der Waals surface area contributed by atoms with Gasteiger partial charge in [0.15, 0.2) is 6.20 Å². The molecule has 0 bridgehead atoms. The molecule has 0 amide bonds. The summed E-state index contributed by atoms with van der Waals surface area (Å²) in [6.07, 6.45) is 2.35. The van der Waals surface area contributed by atoms with Gasteiger partial charge < -0.3 is 15.3 Å². The Morgan fingerprint density at radius 3 is 3.09 bits per heavy atom. The number of oxime groups is 1. The van der Waals surface area contributed by atoms with E-state index in [9.17, 15) is 10.1 Å². The molecule has 0 saturated heterocycles. The van der Waals surface area contributed by atoms with Crippen LogP contribution in [0.4, 0.5) is 5.13 Å². The van der Waals surface area contributed by atoms with Gasteiger partial charge in [0.25, 0.3) is 0 Å². The normalized spacial score (nSPS) is 10.5. The van der Waals surface area contributed by atoms with Crippen molar-refractivity contribution in [2.24, 2.45) is 5.16 Å². The molecule has 0 spiro atoms. The Morgan fingerprint density at radius 2 is 2.64 bits per heavy atom. The third-order valence-corrected chi connectivity index (χ3v) is 1.74. The van der Waals surface area contributed by atoms with Crippen LogP contribution in [0.1, 0.15) is 4.88 Å². The number of thiazole rings is 1. The van der Waals surface area contributed by atoms with Crippen molar-refractivity contribution < 1.29 is 10.1 Å². The predicted octanol–water partition coefficient (Wildman–Crippen LogP) is 0.859. The lowest BCUT2D eigenvalue weighted by atomic mass is 10.6. The number of hydrogen-bond donors (Lipinski definition) is 1. The number of nitrogens with zero attached hydrogens (tertiary/aromatic N) is 3. The van der Waals surface area contributed by atoms with E-state index >= 15 is 0 Å². The molecule has 1 rings (SSSR count). The van der Waals surface area contributed by atoms with Crippen molar-refractivity contribution in [2.45, 2.75) is 0 Å². The zero-order chi connectivity index (χ0) is 8.27. The van der Waals surface area contributed by atoms with Crippen LogP contribution in [-0.2, 0) is 0 Å². The second kappa shape index (κ2) is 3.06. The highest BCUT2D eigenvalue weighted by Gasteiger charge is 2.10. The molecule has 0 fully saturated rings. The molecule has 0 radical (unpaired) electrons. The van der Waals surface area contributed by atoms with Crippen LogP contribution in [-0.4, -0.2) is 21.3 Å². The second-order valence-electron chi connectivity index (χ2n) is 1.55. The summed E-state index contributed by atoms with van der Waals surface area (Å²) in [5.74, 6) is 0. The summed E-state index contributed by atoms with van der Waals surface area (Å²) < 4.78 is 0. The standard InChI is InChI=1S/C4H3N3O3S/c8-6-2-3-1-5-4(11-3)7(9)10/h1-2,8H. The van der Waals surface area contributed by atoms with Gasteiger partial charge in [-0.05, 0) is 21.2 Å². The van der Waals surface area contributed by atoms with Crippen LogP contribution in [0.25, 0.3) is 0 Å². The maximum Gasteiger partial charge on any atom is 0.423 e. The van der Waals surface area contributed by atoms with Gasteiger partial charge in [-0.3, -0.25) is 0 Å². The van der Waals surface area contributed by atoms with Gasteiger partial charge in [-0.1, -0.05) is 5.16 Å². The van der Waals surface area contributed by atoms with Crippen LogP contribution < -0.4 is 0 Å². The SMILES string of the molecule is O=[N+]([O-])c1ncc(C=NO)s1. The predicted molar refractivity (Wildman–Crippen MR) is 38.1 cm³/mol. The van der Waals surface area contributed by atoms with E-state index in [0.717, 1.165) is 17.6 Å². The molecule has 0 atom stereocenters. The Bertz CT molecular complexity index is 295. The lowest BCUT2D eigenvalue weighted by Gasteiger charge is -1.81. The van der Waals surface area contributed by atoms with Crippen LogP contribution in [0.5, 0.6) is 0 Å². The van der Waals surface area contributed by atoms with Crippen LogP contribution in [0.15, 0.2) is 11.4 Å². The number of nitro groups is 1. The maximum atomic E-state index is 10.1. The molecule has 0 aromatic carbocycles. The zero-order valence-corrected chi connectivity index (χ0v) is 5.98. The topological polar surface area (TPSA) is 88.6 Å². The summed E-state index contributed by atoms with van der Waals surface area (Å²) in [6, 6.07) is 0. The molecule has 0 unspecified atom stereocenters. The third-order valence-electron chi connectivity index (χ3n) is 0.853. The summed E-state index contributed by atoms with van der Waals surface area (Å²) in [5, 5.41) is 20.6. The molecule has 7 heteroatoms. The fourth-order valence-electron chi connectivity index (χ4n) is 0.478. The Morgan fingerprint density at radius 1 is 1.91 bits per heavy atom. The molecule has 11 heavy (non-hydrogen) atoms.